The molecule has 1 amide bonds. The second kappa shape index (κ2) is 6.13. The lowest BCUT2D eigenvalue weighted by atomic mass is 9.87. The second-order valence-corrected chi connectivity index (χ2v) is 6.64. The first-order valence-electron chi connectivity index (χ1n) is 7.50. The minimum atomic E-state index is -0.0199. The Balaban J connectivity index is 1.85. The minimum absolute atomic E-state index is 0.0199. The summed E-state index contributed by atoms with van der Waals surface area (Å²) in [5.74, 6) is -0.0199. The van der Waals surface area contributed by atoms with Gasteiger partial charge >= 0.3 is 0 Å². The molecule has 0 radical (unpaired) electrons. The first-order chi connectivity index (χ1) is 10.6. The van der Waals surface area contributed by atoms with Gasteiger partial charge in [0.1, 0.15) is 0 Å². The highest BCUT2D eigenvalue weighted by Crippen LogP contribution is 2.31. The van der Waals surface area contributed by atoms with Crippen molar-refractivity contribution >= 4 is 27.5 Å². The van der Waals surface area contributed by atoms with E-state index in [4.69, 9.17) is 5.73 Å². The van der Waals surface area contributed by atoms with E-state index >= 15 is 0 Å². The van der Waals surface area contributed by atoms with Gasteiger partial charge in [0.05, 0.1) is 6.04 Å². The van der Waals surface area contributed by atoms with Gasteiger partial charge in [0, 0.05) is 15.7 Å². The second-order valence-electron chi connectivity index (χ2n) is 5.79. The number of rotatable bonds is 2. The average molecular weight is 359 g/mol. The number of amides is 1. The number of nitrogens with two attached hydrogens (primary N) is 1. The highest BCUT2D eigenvalue weighted by molar-refractivity contribution is 9.10. The summed E-state index contributed by atoms with van der Waals surface area (Å²) in [6.07, 6.45) is 3.07. The number of aryl methyl sites for hydroxylation is 1. The topological polar surface area (TPSA) is 55.1 Å². The number of nitrogens with one attached hydrogen (secondary N) is 1. The van der Waals surface area contributed by atoms with Crippen molar-refractivity contribution in [3.8, 4) is 0 Å². The molecular formula is C18H19BrN2O. The number of benzene rings is 2. The molecule has 0 heterocycles. The highest BCUT2D eigenvalue weighted by atomic mass is 79.9. The molecule has 0 aromatic heterocycles. The molecule has 0 saturated heterocycles. The fraction of sp³-hybridized carbons (Fsp3) is 0.278. The highest BCUT2D eigenvalue weighted by Gasteiger charge is 2.23. The van der Waals surface area contributed by atoms with Gasteiger partial charge < -0.3 is 11.1 Å². The lowest BCUT2D eigenvalue weighted by Gasteiger charge is -2.27. The summed E-state index contributed by atoms with van der Waals surface area (Å²) >= 11 is 3.48. The zero-order valence-electron chi connectivity index (χ0n) is 12.5. The normalized spacial score (nSPS) is 16.9. The Morgan fingerprint density at radius 2 is 2.14 bits per heavy atom. The van der Waals surface area contributed by atoms with Crippen LogP contribution in [0, 0.1) is 6.92 Å². The summed E-state index contributed by atoms with van der Waals surface area (Å²) in [4.78, 5) is 12.6. The number of carbonyl (C=O) groups excluding carboxylic acids is 1. The van der Waals surface area contributed by atoms with Gasteiger partial charge in [-0.3, -0.25) is 4.79 Å². The van der Waals surface area contributed by atoms with Crippen molar-refractivity contribution in [1.29, 1.82) is 0 Å². The smallest absolute Gasteiger partial charge is 0.252 e. The van der Waals surface area contributed by atoms with Crippen LogP contribution >= 0.6 is 15.9 Å². The van der Waals surface area contributed by atoms with Crippen LogP contribution in [-0.2, 0) is 6.42 Å². The zero-order chi connectivity index (χ0) is 15.7. The van der Waals surface area contributed by atoms with E-state index in [-0.39, 0.29) is 11.9 Å². The van der Waals surface area contributed by atoms with E-state index in [0.717, 1.165) is 40.5 Å². The van der Waals surface area contributed by atoms with Crippen molar-refractivity contribution in [2.75, 3.05) is 5.73 Å². The molecule has 1 atom stereocenters. The molecule has 3 nitrogen and oxygen atoms in total. The molecule has 0 bridgehead atoms. The van der Waals surface area contributed by atoms with Crippen molar-refractivity contribution < 1.29 is 4.79 Å². The third-order valence-corrected chi connectivity index (χ3v) is 5.16. The Morgan fingerprint density at radius 1 is 1.32 bits per heavy atom. The van der Waals surface area contributed by atoms with E-state index in [1.54, 1.807) is 0 Å². The van der Waals surface area contributed by atoms with E-state index in [2.05, 4.69) is 21.2 Å². The molecular weight excluding hydrogens is 340 g/mol. The molecule has 3 N–H and O–H groups in total. The largest absolute Gasteiger partial charge is 0.399 e. The lowest BCUT2D eigenvalue weighted by Crippen LogP contribution is -2.31. The van der Waals surface area contributed by atoms with Gasteiger partial charge in [0.25, 0.3) is 5.91 Å². The first-order valence-corrected chi connectivity index (χ1v) is 8.30. The molecule has 2 aromatic carbocycles. The molecule has 2 aromatic rings. The number of hydrogen-bond donors (Lipinski definition) is 2. The van der Waals surface area contributed by atoms with Crippen LogP contribution < -0.4 is 11.1 Å². The van der Waals surface area contributed by atoms with Gasteiger partial charge in [-0.05, 0) is 67.1 Å². The summed E-state index contributed by atoms with van der Waals surface area (Å²) < 4.78 is 0.956. The third-order valence-electron chi connectivity index (χ3n) is 4.30. The van der Waals surface area contributed by atoms with Crippen molar-refractivity contribution in [3.63, 3.8) is 0 Å². The standard InChI is InChI=1S/C18H19BrN2O/c1-11-14(5-3-6-16(11)19)18(22)21-17-7-2-4-12-10-13(20)8-9-15(12)17/h3,5-6,8-10,17H,2,4,7,20H2,1H3,(H,21,22). The van der Waals surface area contributed by atoms with E-state index in [0.29, 0.717) is 0 Å². The molecule has 4 heteroatoms. The van der Waals surface area contributed by atoms with Crippen molar-refractivity contribution in [3.05, 3.63) is 63.1 Å². The summed E-state index contributed by atoms with van der Waals surface area (Å²) in [6.45, 7) is 1.95. The van der Waals surface area contributed by atoms with Crippen LogP contribution in [0.15, 0.2) is 40.9 Å². The first kappa shape index (κ1) is 15.1. The van der Waals surface area contributed by atoms with Crippen LogP contribution in [0.5, 0.6) is 0 Å². The summed E-state index contributed by atoms with van der Waals surface area (Å²) in [6, 6.07) is 11.7. The zero-order valence-corrected chi connectivity index (χ0v) is 14.1. The quantitative estimate of drug-likeness (QED) is 0.792. The summed E-state index contributed by atoms with van der Waals surface area (Å²) in [5, 5.41) is 3.18. The number of hydrogen-bond acceptors (Lipinski definition) is 2. The maximum Gasteiger partial charge on any atom is 0.252 e. The monoisotopic (exact) mass is 358 g/mol. The van der Waals surface area contributed by atoms with Crippen LogP contribution in [0.2, 0.25) is 0 Å². The van der Waals surface area contributed by atoms with Crippen molar-refractivity contribution in [1.82, 2.24) is 5.32 Å². The summed E-state index contributed by atoms with van der Waals surface area (Å²) in [7, 11) is 0. The van der Waals surface area contributed by atoms with Gasteiger partial charge in [0.2, 0.25) is 0 Å². The number of carbonyl (C=O) groups is 1. The molecule has 0 spiro atoms. The molecule has 0 saturated carbocycles. The van der Waals surface area contributed by atoms with E-state index in [1.807, 2.05) is 43.3 Å². The van der Waals surface area contributed by atoms with Crippen molar-refractivity contribution in [2.45, 2.75) is 32.2 Å². The maximum absolute atomic E-state index is 12.6. The Hall–Kier alpha value is -1.81. The predicted molar refractivity (Wildman–Crippen MR) is 92.9 cm³/mol. The molecule has 0 fully saturated rings. The van der Waals surface area contributed by atoms with Crippen molar-refractivity contribution in [2.24, 2.45) is 0 Å². The third kappa shape index (κ3) is 2.88. The van der Waals surface area contributed by atoms with Gasteiger partial charge in [-0.15, -0.1) is 0 Å². The van der Waals surface area contributed by atoms with Gasteiger partial charge in [0.15, 0.2) is 0 Å². The van der Waals surface area contributed by atoms with E-state index in [1.165, 1.54) is 11.1 Å². The number of nitrogen functional groups attached to an aromatic ring is 1. The molecule has 3 rings (SSSR count). The van der Waals surface area contributed by atoms with Gasteiger partial charge in [-0.25, -0.2) is 0 Å². The number of fused-ring (bicyclic) bond motifs is 1. The summed E-state index contributed by atoms with van der Waals surface area (Å²) in [5.41, 5.74) is 10.8. The molecule has 0 aliphatic heterocycles. The molecule has 1 aliphatic rings. The Bertz CT molecular complexity index is 727. The predicted octanol–water partition coefficient (Wildman–Crippen LogP) is 4.15. The van der Waals surface area contributed by atoms with Crippen LogP contribution in [0.25, 0.3) is 0 Å². The van der Waals surface area contributed by atoms with E-state index < -0.39 is 0 Å². The van der Waals surface area contributed by atoms with Crippen LogP contribution in [0.1, 0.15) is 45.9 Å². The average Bonchev–Trinajstić information content (AvgIpc) is 2.50. The van der Waals surface area contributed by atoms with Gasteiger partial charge in [-0.2, -0.15) is 0 Å². The number of halogens is 1. The fourth-order valence-corrected chi connectivity index (χ4v) is 3.44. The maximum atomic E-state index is 12.6. The SMILES string of the molecule is Cc1c(Br)cccc1C(=O)NC1CCCc2cc(N)ccc21. The van der Waals surface area contributed by atoms with E-state index in [9.17, 15) is 4.79 Å². The molecule has 1 unspecified atom stereocenters. The fourth-order valence-electron chi connectivity index (χ4n) is 3.07. The Labute approximate surface area is 139 Å². The Morgan fingerprint density at radius 3 is 2.95 bits per heavy atom. The Kier molecular flexibility index (Phi) is 4.21. The molecule has 114 valence electrons. The van der Waals surface area contributed by atoms with Gasteiger partial charge in [-0.1, -0.05) is 28.1 Å². The molecule has 1 aliphatic carbocycles. The van der Waals surface area contributed by atoms with Crippen LogP contribution in [0.3, 0.4) is 0 Å². The van der Waals surface area contributed by atoms with Crippen LogP contribution in [-0.4, -0.2) is 5.91 Å². The molecule has 22 heavy (non-hydrogen) atoms. The lowest BCUT2D eigenvalue weighted by molar-refractivity contribution is 0.0932. The van der Waals surface area contributed by atoms with Crippen LogP contribution in [0.4, 0.5) is 5.69 Å². The number of anilines is 1. The minimum Gasteiger partial charge on any atom is -0.399 e.